The van der Waals surface area contributed by atoms with Crippen molar-refractivity contribution in [1.29, 1.82) is 0 Å². The monoisotopic (exact) mass is 252 g/mol. The molecule has 0 radical (unpaired) electrons. The summed E-state index contributed by atoms with van der Waals surface area (Å²) in [6, 6.07) is 0.0362. The van der Waals surface area contributed by atoms with Crippen molar-refractivity contribution in [2.24, 2.45) is 11.3 Å². The van der Waals surface area contributed by atoms with Crippen molar-refractivity contribution in [1.82, 2.24) is 10.6 Å². The summed E-state index contributed by atoms with van der Waals surface area (Å²) < 4.78 is 0. The number of piperidine rings is 1. The highest BCUT2D eigenvalue weighted by molar-refractivity contribution is 5.82. The van der Waals surface area contributed by atoms with E-state index in [1.807, 2.05) is 0 Å². The molecule has 2 atom stereocenters. The van der Waals surface area contributed by atoms with Gasteiger partial charge in [-0.1, -0.05) is 26.7 Å². The molecule has 1 heterocycles. The molecule has 0 aromatic heterocycles. The number of nitrogens with one attached hydrogen (secondary N) is 2. The van der Waals surface area contributed by atoms with Crippen LogP contribution in [0.1, 0.15) is 58.8 Å². The van der Waals surface area contributed by atoms with Gasteiger partial charge in [0, 0.05) is 6.54 Å². The third kappa shape index (κ3) is 3.05. The first-order valence-corrected chi connectivity index (χ1v) is 7.68. The molecule has 3 nitrogen and oxygen atoms in total. The molecule has 104 valence electrons. The van der Waals surface area contributed by atoms with Crippen LogP contribution in [0.2, 0.25) is 0 Å². The van der Waals surface area contributed by atoms with E-state index in [9.17, 15) is 4.79 Å². The zero-order chi connectivity index (χ0) is 13.0. The fourth-order valence-corrected chi connectivity index (χ4v) is 3.57. The molecule has 1 saturated heterocycles. The van der Waals surface area contributed by atoms with Crippen LogP contribution in [0.4, 0.5) is 0 Å². The predicted molar refractivity (Wildman–Crippen MR) is 74.4 cm³/mol. The fourth-order valence-electron chi connectivity index (χ4n) is 3.57. The van der Waals surface area contributed by atoms with Gasteiger partial charge in [0.05, 0.1) is 6.04 Å². The SMILES string of the molecule is CCC1(CNC(=O)C2NCCCC2C)CCCC1. The average molecular weight is 252 g/mol. The van der Waals surface area contributed by atoms with Crippen molar-refractivity contribution in [3.05, 3.63) is 0 Å². The molecule has 2 rings (SSSR count). The summed E-state index contributed by atoms with van der Waals surface area (Å²) in [5.74, 6) is 0.696. The van der Waals surface area contributed by atoms with Crippen molar-refractivity contribution >= 4 is 5.91 Å². The van der Waals surface area contributed by atoms with E-state index < -0.39 is 0 Å². The van der Waals surface area contributed by atoms with E-state index in [-0.39, 0.29) is 11.9 Å². The number of amides is 1. The first kappa shape index (κ1) is 13.9. The standard InChI is InChI=1S/C15H28N2O/c1-3-15(8-4-5-9-15)11-17-14(18)13-12(2)7-6-10-16-13/h12-13,16H,3-11H2,1-2H3,(H,17,18). The molecular weight excluding hydrogens is 224 g/mol. The minimum absolute atomic E-state index is 0.0362. The lowest BCUT2D eigenvalue weighted by atomic mass is 9.83. The highest BCUT2D eigenvalue weighted by Crippen LogP contribution is 2.40. The van der Waals surface area contributed by atoms with E-state index in [0.717, 1.165) is 13.1 Å². The van der Waals surface area contributed by atoms with E-state index >= 15 is 0 Å². The van der Waals surface area contributed by atoms with E-state index in [4.69, 9.17) is 0 Å². The first-order chi connectivity index (χ1) is 8.67. The first-order valence-electron chi connectivity index (χ1n) is 7.68. The Hall–Kier alpha value is -0.570. The molecule has 0 spiro atoms. The van der Waals surface area contributed by atoms with Gasteiger partial charge in [0.25, 0.3) is 0 Å². The number of carbonyl (C=O) groups excluding carboxylic acids is 1. The maximum atomic E-state index is 12.2. The number of hydrogen-bond donors (Lipinski definition) is 2. The van der Waals surface area contributed by atoms with Gasteiger partial charge >= 0.3 is 0 Å². The Bertz CT molecular complexity index is 284. The van der Waals surface area contributed by atoms with Crippen LogP contribution in [0.5, 0.6) is 0 Å². The maximum Gasteiger partial charge on any atom is 0.237 e. The molecule has 2 N–H and O–H groups in total. The Balaban J connectivity index is 1.83. The van der Waals surface area contributed by atoms with Crippen molar-refractivity contribution in [2.75, 3.05) is 13.1 Å². The second-order valence-corrected chi connectivity index (χ2v) is 6.33. The van der Waals surface area contributed by atoms with Gasteiger partial charge in [-0.05, 0) is 50.0 Å². The summed E-state index contributed by atoms with van der Waals surface area (Å²) in [4.78, 5) is 12.2. The summed E-state index contributed by atoms with van der Waals surface area (Å²) in [5.41, 5.74) is 0.396. The molecule has 1 aliphatic carbocycles. The maximum absolute atomic E-state index is 12.2. The normalized spacial score (nSPS) is 31.2. The summed E-state index contributed by atoms with van der Waals surface area (Å²) in [5, 5.41) is 6.58. The second kappa shape index (κ2) is 6.05. The Morgan fingerprint density at radius 3 is 2.67 bits per heavy atom. The van der Waals surface area contributed by atoms with Gasteiger partial charge in [-0.15, -0.1) is 0 Å². The third-order valence-electron chi connectivity index (χ3n) is 5.10. The summed E-state index contributed by atoms with van der Waals surface area (Å²) >= 11 is 0. The van der Waals surface area contributed by atoms with Crippen molar-refractivity contribution < 1.29 is 4.79 Å². The minimum Gasteiger partial charge on any atom is -0.354 e. The van der Waals surface area contributed by atoms with Gasteiger partial charge in [0.15, 0.2) is 0 Å². The van der Waals surface area contributed by atoms with Crippen LogP contribution in [-0.2, 0) is 4.79 Å². The van der Waals surface area contributed by atoms with Gasteiger partial charge in [-0.2, -0.15) is 0 Å². The molecule has 2 fully saturated rings. The van der Waals surface area contributed by atoms with E-state index in [1.165, 1.54) is 44.9 Å². The van der Waals surface area contributed by atoms with Crippen molar-refractivity contribution in [3.63, 3.8) is 0 Å². The van der Waals surface area contributed by atoms with E-state index in [1.54, 1.807) is 0 Å². The summed E-state index contributed by atoms with van der Waals surface area (Å²) in [6.07, 6.45) is 8.81. The molecule has 1 saturated carbocycles. The molecule has 18 heavy (non-hydrogen) atoms. The van der Waals surface area contributed by atoms with Crippen LogP contribution in [-0.4, -0.2) is 25.0 Å². The smallest absolute Gasteiger partial charge is 0.237 e. The molecule has 3 heteroatoms. The molecule has 0 aromatic carbocycles. The van der Waals surface area contributed by atoms with Crippen LogP contribution in [0.15, 0.2) is 0 Å². The molecular formula is C15H28N2O. The van der Waals surface area contributed by atoms with Gasteiger partial charge in [0.1, 0.15) is 0 Å². The van der Waals surface area contributed by atoms with Crippen LogP contribution >= 0.6 is 0 Å². The van der Waals surface area contributed by atoms with E-state index in [0.29, 0.717) is 11.3 Å². The lowest BCUT2D eigenvalue weighted by molar-refractivity contribution is -0.125. The highest BCUT2D eigenvalue weighted by Gasteiger charge is 2.34. The Morgan fingerprint density at radius 1 is 1.33 bits per heavy atom. The topological polar surface area (TPSA) is 41.1 Å². The van der Waals surface area contributed by atoms with Crippen LogP contribution < -0.4 is 10.6 Å². The fraction of sp³-hybridized carbons (Fsp3) is 0.933. The van der Waals surface area contributed by atoms with Gasteiger partial charge in [0.2, 0.25) is 5.91 Å². The zero-order valence-corrected chi connectivity index (χ0v) is 11.9. The number of rotatable bonds is 4. The lowest BCUT2D eigenvalue weighted by Gasteiger charge is -2.32. The van der Waals surface area contributed by atoms with Crippen molar-refractivity contribution in [2.45, 2.75) is 64.8 Å². The molecule has 1 amide bonds. The van der Waals surface area contributed by atoms with Gasteiger partial charge in [-0.25, -0.2) is 0 Å². The zero-order valence-electron chi connectivity index (χ0n) is 11.9. The van der Waals surface area contributed by atoms with Crippen LogP contribution in [0, 0.1) is 11.3 Å². The molecule has 2 unspecified atom stereocenters. The molecule has 1 aliphatic heterocycles. The van der Waals surface area contributed by atoms with Crippen molar-refractivity contribution in [3.8, 4) is 0 Å². The van der Waals surface area contributed by atoms with Crippen LogP contribution in [0.3, 0.4) is 0 Å². The van der Waals surface area contributed by atoms with E-state index in [2.05, 4.69) is 24.5 Å². The lowest BCUT2D eigenvalue weighted by Crippen LogP contribution is -2.52. The molecule has 0 aromatic rings. The molecule has 2 aliphatic rings. The quantitative estimate of drug-likeness (QED) is 0.807. The minimum atomic E-state index is 0.0362. The average Bonchev–Trinajstić information content (AvgIpc) is 2.86. The number of carbonyl (C=O) groups is 1. The Kier molecular flexibility index (Phi) is 4.66. The Morgan fingerprint density at radius 2 is 2.06 bits per heavy atom. The number of hydrogen-bond acceptors (Lipinski definition) is 2. The summed E-state index contributed by atoms with van der Waals surface area (Å²) in [6.45, 7) is 6.31. The van der Waals surface area contributed by atoms with Crippen LogP contribution in [0.25, 0.3) is 0 Å². The second-order valence-electron chi connectivity index (χ2n) is 6.33. The highest BCUT2D eigenvalue weighted by atomic mass is 16.2. The summed E-state index contributed by atoms with van der Waals surface area (Å²) in [7, 11) is 0. The largest absolute Gasteiger partial charge is 0.354 e. The third-order valence-corrected chi connectivity index (χ3v) is 5.10. The molecule has 0 bridgehead atoms. The predicted octanol–water partition coefficient (Wildman–Crippen LogP) is 2.46. The van der Waals surface area contributed by atoms with Gasteiger partial charge < -0.3 is 10.6 Å². The Labute approximate surface area is 111 Å². The van der Waals surface area contributed by atoms with Gasteiger partial charge in [-0.3, -0.25) is 4.79 Å².